The van der Waals surface area contributed by atoms with Crippen LogP contribution in [-0.2, 0) is 96.6 Å². The molecular formula is C29H67O28P7. The van der Waals surface area contributed by atoms with Crippen molar-refractivity contribution >= 4 is 53.4 Å². The number of rotatable bonds is 44. The predicted octanol–water partition coefficient (Wildman–Crippen LogP) is 4.95. The Kier molecular flexibility index (Phi) is 33.8. The third kappa shape index (κ3) is 41.7. The molecular weight excluding hydrogens is 1010 g/mol. The Balaban J connectivity index is 3.90. The largest absolute Gasteiger partial charge is 0.472 e. The van der Waals surface area contributed by atoms with Gasteiger partial charge in [0.25, 0.3) is 0 Å². The van der Waals surface area contributed by atoms with Crippen LogP contribution in [0.3, 0.4) is 0 Å². The van der Waals surface area contributed by atoms with E-state index in [-0.39, 0.29) is 118 Å². The van der Waals surface area contributed by atoms with Crippen molar-refractivity contribution in [3.05, 3.63) is 0 Å². The molecule has 7 unspecified atom stereocenters. The summed E-state index contributed by atoms with van der Waals surface area (Å²) in [7, 11) is -27.8. The van der Waals surface area contributed by atoms with E-state index in [0.717, 1.165) is 7.11 Å². The molecule has 0 aromatic heterocycles. The van der Waals surface area contributed by atoms with Crippen molar-refractivity contribution in [2.24, 2.45) is 0 Å². The van der Waals surface area contributed by atoms with Crippen LogP contribution < -0.4 is 0 Å². The molecule has 0 aromatic carbocycles. The number of hydrogen-bond donors (Lipinski definition) is 7. The number of phosphoric ester groups is 1. The van der Waals surface area contributed by atoms with Crippen molar-refractivity contribution in [3.63, 3.8) is 0 Å². The highest BCUT2D eigenvalue weighted by molar-refractivity contribution is 7.54. The summed E-state index contributed by atoms with van der Waals surface area (Å²) in [6, 6.07) is 0. The number of phosphoric acid groups is 1. The van der Waals surface area contributed by atoms with E-state index in [9.17, 15) is 66.2 Å². The van der Waals surface area contributed by atoms with Gasteiger partial charge in [0, 0.05) is 46.8 Å². The lowest BCUT2D eigenvalue weighted by Crippen LogP contribution is -2.18. The molecule has 0 radical (unpaired) electrons. The molecule has 0 aromatic rings. The molecule has 0 rings (SSSR count). The van der Waals surface area contributed by atoms with Gasteiger partial charge in [0.15, 0.2) is 0 Å². The van der Waals surface area contributed by atoms with Gasteiger partial charge in [0.2, 0.25) is 0 Å². The van der Waals surface area contributed by atoms with Crippen molar-refractivity contribution in [2.75, 3.05) is 124 Å². The maximum absolute atomic E-state index is 12.1. The zero-order valence-corrected chi connectivity index (χ0v) is 42.6. The van der Waals surface area contributed by atoms with Crippen molar-refractivity contribution in [1.29, 1.82) is 0 Å². The van der Waals surface area contributed by atoms with E-state index >= 15 is 0 Å². The van der Waals surface area contributed by atoms with Crippen molar-refractivity contribution in [3.8, 4) is 0 Å². The zero-order valence-electron chi connectivity index (χ0n) is 36.3. The average Bonchev–Trinajstić information content (AvgIpc) is 3.15. The Morgan fingerprint density at radius 2 is 0.531 bits per heavy atom. The molecule has 0 aliphatic carbocycles. The lowest BCUT2D eigenvalue weighted by molar-refractivity contribution is 0.0561. The van der Waals surface area contributed by atoms with Crippen LogP contribution in [0.5, 0.6) is 0 Å². The Hall–Kier alpha value is 0.770. The lowest BCUT2D eigenvalue weighted by atomic mass is 10.2. The highest BCUT2D eigenvalue weighted by Crippen LogP contribution is 2.48. The fourth-order valence-corrected chi connectivity index (χ4v) is 9.69. The molecule has 28 nitrogen and oxygen atoms in total. The summed E-state index contributed by atoms with van der Waals surface area (Å²) in [4.78, 5) is 68.0. The van der Waals surface area contributed by atoms with Gasteiger partial charge in [-0.15, -0.1) is 0 Å². The molecule has 35 heteroatoms. The zero-order chi connectivity index (χ0) is 48.9. The second-order valence-corrected chi connectivity index (χ2v) is 26.3. The highest BCUT2D eigenvalue weighted by Gasteiger charge is 2.29. The fourth-order valence-electron chi connectivity index (χ4n) is 3.87. The van der Waals surface area contributed by atoms with Crippen molar-refractivity contribution in [1.82, 2.24) is 0 Å². The summed E-state index contributed by atoms with van der Waals surface area (Å²) in [6.45, 7) is 2.78. The van der Waals surface area contributed by atoms with Crippen LogP contribution in [0.4, 0.5) is 0 Å². The van der Waals surface area contributed by atoms with Gasteiger partial charge >= 0.3 is 53.4 Å². The quantitative estimate of drug-likeness (QED) is 0.0313. The molecule has 0 aliphatic heterocycles. The third-order valence-corrected chi connectivity index (χ3v) is 14.4. The maximum atomic E-state index is 12.1. The summed E-state index contributed by atoms with van der Waals surface area (Å²) in [5, 5.41) is 0. The maximum Gasteiger partial charge on any atom is 0.472 e. The summed E-state index contributed by atoms with van der Waals surface area (Å²) in [5.74, 6) is 0. The molecule has 0 fully saturated rings. The minimum atomic E-state index is -4.26. The smallest absolute Gasteiger partial charge is 0.369 e. The van der Waals surface area contributed by atoms with Crippen LogP contribution >= 0.6 is 53.4 Å². The van der Waals surface area contributed by atoms with Gasteiger partial charge in [-0.2, -0.15) is 0 Å². The Morgan fingerprint density at radius 1 is 0.328 bits per heavy atom. The summed E-state index contributed by atoms with van der Waals surface area (Å²) in [5.41, 5.74) is -0.898. The summed E-state index contributed by atoms with van der Waals surface area (Å²) >= 11 is 0. The number of hydrogen-bond acceptors (Lipinski definition) is 21. The van der Waals surface area contributed by atoms with Gasteiger partial charge in [-0.3, -0.25) is 36.4 Å². The van der Waals surface area contributed by atoms with E-state index < -0.39 is 97.1 Å². The summed E-state index contributed by atoms with van der Waals surface area (Å²) < 4.78 is 152. The monoisotopic (exact) mass is 1080 g/mol. The highest BCUT2D eigenvalue weighted by atomic mass is 31.2. The molecule has 0 bridgehead atoms. The second kappa shape index (κ2) is 33.4. The normalized spacial score (nSPS) is 19.1. The first kappa shape index (κ1) is 64.8. The van der Waals surface area contributed by atoms with Crippen LogP contribution in [-0.4, -0.2) is 164 Å². The van der Waals surface area contributed by atoms with Gasteiger partial charge in [0.1, 0.15) is 38.1 Å². The first-order valence-corrected chi connectivity index (χ1v) is 31.4. The van der Waals surface area contributed by atoms with Crippen LogP contribution in [0.25, 0.3) is 0 Å². The molecule has 0 aliphatic rings. The van der Waals surface area contributed by atoms with E-state index in [1.54, 1.807) is 20.8 Å². The van der Waals surface area contributed by atoms with Gasteiger partial charge in [-0.1, -0.05) is 0 Å². The van der Waals surface area contributed by atoms with Crippen LogP contribution in [0, 0.1) is 0 Å². The van der Waals surface area contributed by atoms with Gasteiger partial charge in [-0.05, 0) is 59.3 Å². The molecule has 7 atom stereocenters. The third-order valence-electron chi connectivity index (χ3n) is 6.52. The molecule has 0 amide bonds. The first-order valence-electron chi connectivity index (χ1n) is 19.3. The fraction of sp³-hybridized carbons (Fsp3) is 1.00. The van der Waals surface area contributed by atoms with Gasteiger partial charge < -0.3 is 89.8 Å². The SMILES string of the molecule is COP(=O)(O)COCCCOP(=O)(O)COCCCOP(=O)(O)COCCCOP(=O)(O)COCCCOP(=O)(O)COCCCOP(=O)(O)COCCCOP(=O)(O)OC(C)(C)C. The van der Waals surface area contributed by atoms with E-state index in [0.29, 0.717) is 0 Å². The summed E-state index contributed by atoms with van der Waals surface area (Å²) in [6.07, 6.45) is -3.35. The van der Waals surface area contributed by atoms with Gasteiger partial charge in [0.05, 0.1) is 45.2 Å². The standard InChI is InChI=1S/C29H67O28P7/c1-29(2,3)57-64(42,43)56-22-10-16-50-28-63(40,41)55-21-9-15-49-27-62(38,39)54-20-8-14-48-26-61(36,37)53-19-7-13-47-25-60(34,35)52-18-6-12-46-24-59(32,33)51-17-5-11-45-23-58(30,31)44-4/h5-28H2,1-4H3,(H,30,31)(H,32,33)(H,34,35)(H,36,37)(H,38,39)(H,40,41)(H,42,43). The van der Waals surface area contributed by atoms with Crippen molar-refractivity contribution < 1.29 is 131 Å². The Morgan fingerprint density at radius 3 is 0.734 bits per heavy atom. The van der Waals surface area contributed by atoms with Crippen LogP contribution in [0.15, 0.2) is 0 Å². The molecule has 0 saturated heterocycles. The molecule has 386 valence electrons. The first-order chi connectivity index (χ1) is 29.5. The van der Waals surface area contributed by atoms with E-state index in [1.807, 2.05) is 0 Å². The molecule has 0 spiro atoms. The molecule has 64 heavy (non-hydrogen) atoms. The van der Waals surface area contributed by atoms with Crippen LogP contribution in [0.2, 0.25) is 0 Å². The topological polar surface area (TPSA) is 390 Å². The number of ether oxygens (including phenoxy) is 6. The van der Waals surface area contributed by atoms with E-state index in [2.05, 4.69) is 4.52 Å². The van der Waals surface area contributed by atoms with E-state index in [4.69, 9.17) is 60.1 Å². The predicted molar refractivity (Wildman–Crippen MR) is 225 cm³/mol. The Labute approximate surface area is 372 Å². The van der Waals surface area contributed by atoms with Gasteiger partial charge in [-0.25, -0.2) is 4.57 Å². The minimum absolute atomic E-state index is 0.0199. The molecule has 0 saturated carbocycles. The second-order valence-electron chi connectivity index (χ2n) is 14.0. The van der Waals surface area contributed by atoms with Crippen molar-refractivity contribution in [2.45, 2.75) is 64.9 Å². The Bertz CT molecular complexity index is 1600. The minimum Gasteiger partial charge on any atom is -0.369 e. The average molecular weight is 1080 g/mol. The molecule has 0 heterocycles. The molecule has 7 N–H and O–H groups in total. The van der Waals surface area contributed by atoms with E-state index in [1.165, 1.54) is 0 Å². The van der Waals surface area contributed by atoms with Crippen LogP contribution in [0.1, 0.15) is 59.3 Å². The lowest BCUT2D eigenvalue weighted by Gasteiger charge is -2.22.